The van der Waals surface area contributed by atoms with Crippen molar-refractivity contribution in [2.24, 2.45) is 11.7 Å². The second kappa shape index (κ2) is 5.85. The molecule has 1 atom stereocenters. The Morgan fingerprint density at radius 3 is 2.44 bits per heavy atom. The molecule has 2 nitrogen and oxygen atoms in total. The molecule has 0 bridgehead atoms. The lowest BCUT2D eigenvalue weighted by Crippen LogP contribution is -2.39. The van der Waals surface area contributed by atoms with Crippen molar-refractivity contribution in [2.75, 3.05) is 19.6 Å². The van der Waals surface area contributed by atoms with Crippen LogP contribution < -0.4 is 5.73 Å². The molecule has 1 aromatic carbocycles. The largest absolute Gasteiger partial charge is 0.329 e. The van der Waals surface area contributed by atoms with Crippen LogP contribution >= 0.6 is 0 Å². The molecular weight excluding hydrogens is 220 g/mol. The molecule has 0 spiro atoms. The van der Waals surface area contributed by atoms with Crippen LogP contribution in [0.2, 0.25) is 0 Å². The predicted molar refractivity (Wildman–Crippen MR) is 77.7 cm³/mol. The van der Waals surface area contributed by atoms with Crippen molar-refractivity contribution in [3.8, 4) is 0 Å². The van der Waals surface area contributed by atoms with Crippen LogP contribution in [0, 0.1) is 19.8 Å². The third kappa shape index (κ3) is 2.93. The quantitative estimate of drug-likeness (QED) is 0.888. The normalized spacial score (nSPS) is 20.0. The second-order valence-corrected chi connectivity index (χ2v) is 5.81. The maximum absolute atomic E-state index is 6.02. The van der Waals surface area contributed by atoms with E-state index in [4.69, 9.17) is 5.73 Å². The number of rotatable bonds is 3. The molecule has 1 unspecified atom stereocenters. The number of nitrogens with zero attached hydrogens (tertiary/aromatic N) is 1. The van der Waals surface area contributed by atoms with Gasteiger partial charge in [-0.1, -0.05) is 25.1 Å². The summed E-state index contributed by atoms with van der Waals surface area (Å²) in [4.78, 5) is 2.56. The van der Waals surface area contributed by atoms with E-state index in [1.807, 2.05) is 0 Å². The molecule has 2 N–H and O–H groups in total. The Labute approximate surface area is 111 Å². The number of hydrogen-bond acceptors (Lipinski definition) is 2. The van der Waals surface area contributed by atoms with Gasteiger partial charge in [0, 0.05) is 12.6 Å². The first-order chi connectivity index (χ1) is 8.61. The maximum Gasteiger partial charge on any atom is 0.0470 e. The van der Waals surface area contributed by atoms with Gasteiger partial charge in [-0.05, 0) is 62.4 Å². The van der Waals surface area contributed by atoms with E-state index >= 15 is 0 Å². The van der Waals surface area contributed by atoms with Crippen molar-refractivity contribution >= 4 is 0 Å². The van der Waals surface area contributed by atoms with Crippen LogP contribution in [0.15, 0.2) is 18.2 Å². The molecule has 0 aliphatic carbocycles. The first-order valence-corrected chi connectivity index (χ1v) is 7.13. The summed E-state index contributed by atoms with van der Waals surface area (Å²) in [6.07, 6.45) is 2.61. The van der Waals surface area contributed by atoms with Gasteiger partial charge in [0.25, 0.3) is 0 Å². The van der Waals surface area contributed by atoms with Crippen LogP contribution in [0.1, 0.15) is 42.5 Å². The molecule has 1 aliphatic heterocycles. The third-order valence-electron chi connectivity index (χ3n) is 4.40. The topological polar surface area (TPSA) is 29.3 Å². The minimum atomic E-state index is 0.400. The zero-order chi connectivity index (χ0) is 13.1. The highest BCUT2D eigenvalue weighted by atomic mass is 15.2. The fraction of sp³-hybridized carbons (Fsp3) is 0.625. The Morgan fingerprint density at radius 2 is 1.89 bits per heavy atom. The summed E-state index contributed by atoms with van der Waals surface area (Å²) in [6, 6.07) is 7.18. The van der Waals surface area contributed by atoms with Gasteiger partial charge in [-0.25, -0.2) is 0 Å². The fourth-order valence-corrected chi connectivity index (χ4v) is 2.81. The lowest BCUT2D eigenvalue weighted by molar-refractivity contribution is 0.141. The minimum Gasteiger partial charge on any atom is -0.329 e. The molecule has 2 heteroatoms. The molecule has 0 radical (unpaired) electrons. The number of likely N-dealkylation sites (tertiary alicyclic amines) is 1. The molecule has 0 amide bonds. The summed E-state index contributed by atoms with van der Waals surface area (Å²) < 4.78 is 0. The number of hydrogen-bond donors (Lipinski definition) is 1. The van der Waals surface area contributed by atoms with Crippen molar-refractivity contribution < 1.29 is 0 Å². The molecular formula is C16H26N2. The molecule has 100 valence electrons. The van der Waals surface area contributed by atoms with Crippen molar-refractivity contribution in [1.29, 1.82) is 0 Å². The van der Waals surface area contributed by atoms with Crippen LogP contribution in [0.25, 0.3) is 0 Å². The number of aryl methyl sites for hydroxylation is 2. The fourth-order valence-electron chi connectivity index (χ4n) is 2.81. The van der Waals surface area contributed by atoms with Crippen LogP contribution in [-0.2, 0) is 0 Å². The Kier molecular flexibility index (Phi) is 4.41. The average Bonchev–Trinajstić information content (AvgIpc) is 2.37. The van der Waals surface area contributed by atoms with Gasteiger partial charge in [0.05, 0.1) is 0 Å². The zero-order valence-electron chi connectivity index (χ0n) is 11.9. The van der Waals surface area contributed by atoms with Crippen LogP contribution in [0.4, 0.5) is 0 Å². The molecule has 0 aromatic heterocycles. The molecule has 1 aromatic rings. The Hall–Kier alpha value is -0.860. The van der Waals surface area contributed by atoms with E-state index in [0.29, 0.717) is 6.04 Å². The summed E-state index contributed by atoms with van der Waals surface area (Å²) in [7, 11) is 0. The van der Waals surface area contributed by atoms with E-state index in [-0.39, 0.29) is 0 Å². The first kappa shape index (κ1) is 13.6. The summed E-state index contributed by atoms with van der Waals surface area (Å²) in [6.45, 7) is 9.80. The molecule has 2 rings (SSSR count). The standard InChI is InChI=1S/C16H26N2/c1-12-6-8-18(9-7-12)16(11-17)15-5-4-13(2)14(3)10-15/h4-5,10,12,16H,6-9,11,17H2,1-3H3. The van der Waals surface area contributed by atoms with E-state index in [1.54, 1.807) is 0 Å². The SMILES string of the molecule is Cc1ccc(C(CN)N2CCC(C)CC2)cc1C. The third-order valence-corrected chi connectivity index (χ3v) is 4.40. The molecule has 1 fully saturated rings. The van der Waals surface area contributed by atoms with Gasteiger partial charge < -0.3 is 5.73 Å². The zero-order valence-corrected chi connectivity index (χ0v) is 11.9. The predicted octanol–water partition coefficient (Wildman–Crippen LogP) is 3.04. The molecule has 1 saturated heterocycles. The Morgan fingerprint density at radius 1 is 1.22 bits per heavy atom. The Balaban J connectivity index is 2.14. The minimum absolute atomic E-state index is 0.400. The van der Waals surface area contributed by atoms with Crippen molar-refractivity contribution in [3.05, 3.63) is 34.9 Å². The van der Waals surface area contributed by atoms with Crippen LogP contribution in [-0.4, -0.2) is 24.5 Å². The van der Waals surface area contributed by atoms with Crippen LogP contribution in [0.3, 0.4) is 0 Å². The lowest BCUT2D eigenvalue weighted by atomic mass is 9.94. The average molecular weight is 246 g/mol. The van der Waals surface area contributed by atoms with E-state index in [9.17, 15) is 0 Å². The molecule has 1 aliphatic rings. The molecule has 1 heterocycles. The summed E-state index contributed by atoms with van der Waals surface area (Å²) in [5, 5.41) is 0. The van der Waals surface area contributed by atoms with Gasteiger partial charge in [-0.15, -0.1) is 0 Å². The van der Waals surface area contributed by atoms with E-state index in [1.165, 1.54) is 42.6 Å². The van der Waals surface area contributed by atoms with Gasteiger partial charge in [0.2, 0.25) is 0 Å². The van der Waals surface area contributed by atoms with E-state index in [2.05, 4.69) is 43.9 Å². The summed E-state index contributed by atoms with van der Waals surface area (Å²) in [5.41, 5.74) is 10.1. The van der Waals surface area contributed by atoms with Gasteiger partial charge in [-0.3, -0.25) is 4.90 Å². The number of benzene rings is 1. The van der Waals surface area contributed by atoms with Crippen LogP contribution in [0.5, 0.6) is 0 Å². The van der Waals surface area contributed by atoms with Crippen molar-refractivity contribution in [3.63, 3.8) is 0 Å². The van der Waals surface area contributed by atoms with Gasteiger partial charge >= 0.3 is 0 Å². The van der Waals surface area contributed by atoms with Crippen molar-refractivity contribution in [2.45, 2.75) is 39.7 Å². The van der Waals surface area contributed by atoms with Gasteiger partial charge in [0.15, 0.2) is 0 Å². The van der Waals surface area contributed by atoms with Gasteiger partial charge in [0.1, 0.15) is 0 Å². The summed E-state index contributed by atoms with van der Waals surface area (Å²) in [5.74, 6) is 0.874. The number of nitrogens with two attached hydrogens (primary N) is 1. The monoisotopic (exact) mass is 246 g/mol. The maximum atomic E-state index is 6.02. The van der Waals surface area contributed by atoms with E-state index in [0.717, 1.165) is 12.5 Å². The highest BCUT2D eigenvalue weighted by Gasteiger charge is 2.23. The second-order valence-electron chi connectivity index (χ2n) is 5.81. The van der Waals surface area contributed by atoms with Crippen molar-refractivity contribution in [1.82, 2.24) is 4.90 Å². The summed E-state index contributed by atoms with van der Waals surface area (Å²) >= 11 is 0. The van der Waals surface area contributed by atoms with Gasteiger partial charge in [-0.2, -0.15) is 0 Å². The van der Waals surface area contributed by atoms with E-state index < -0.39 is 0 Å². The first-order valence-electron chi connectivity index (χ1n) is 7.13. The lowest BCUT2D eigenvalue weighted by Gasteiger charge is -2.36. The molecule has 18 heavy (non-hydrogen) atoms. The number of piperidine rings is 1. The smallest absolute Gasteiger partial charge is 0.0470 e. The molecule has 0 saturated carbocycles. The highest BCUT2D eigenvalue weighted by molar-refractivity contribution is 5.32. The highest BCUT2D eigenvalue weighted by Crippen LogP contribution is 2.27. The Bertz CT molecular complexity index is 392.